The minimum absolute atomic E-state index is 0.0803. The van der Waals surface area contributed by atoms with Crippen molar-refractivity contribution in [3.8, 4) is 17.3 Å². The summed E-state index contributed by atoms with van der Waals surface area (Å²) < 4.78 is 15.4. The lowest BCUT2D eigenvalue weighted by Gasteiger charge is -2.13. The van der Waals surface area contributed by atoms with Crippen LogP contribution in [0.15, 0.2) is 84.8 Å². The molecular weight excluding hydrogens is 439 g/mol. The first-order chi connectivity index (χ1) is 17.0. The van der Waals surface area contributed by atoms with Gasteiger partial charge in [-0.1, -0.05) is 25.1 Å². The summed E-state index contributed by atoms with van der Waals surface area (Å²) >= 11 is 0. The molecule has 1 aromatic carbocycles. The smallest absolute Gasteiger partial charge is 0.170 e. The Kier molecular flexibility index (Phi) is 7.12. The third-order valence-electron chi connectivity index (χ3n) is 5.51. The van der Waals surface area contributed by atoms with Crippen LogP contribution >= 0.6 is 0 Å². The molecule has 3 heterocycles. The van der Waals surface area contributed by atoms with Crippen LogP contribution in [0.5, 0.6) is 0 Å². The molecule has 0 atom stereocenters. The highest BCUT2D eigenvalue weighted by molar-refractivity contribution is 5.86. The number of rotatable bonds is 7. The zero-order valence-electron chi connectivity index (χ0n) is 19.6. The fraction of sp³-hybridized carbons (Fsp3) is 0.143. The molecule has 4 aromatic rings. The Morgan fingerprint density at radius 3 is 2.74 bits per heavy atom. The van der Waals surface area contributed by atoms with Crippen molar-refractivity contribution in [2.75, 3.05) is 0 Å². The molecule has 0 unspecified atom stereocenters. The maximum absolute atomic E-state index is 15.4. The van der Waals surface area contributed by atoms with Gasteiger partial charge in [0.25, 0.3) is 0 Å². The maximum Gasteiger partial charge on any atom is 0.170 e. The maximum atomic E-state index is 15.4. The van der Waals surface area contributed by atoms with Gasteiger partial charge in [-0.15, -0.1) is 0 Å². The first-order valence-corrected chi connectivity index (χ1v) is 11.3. The van der Waals surface area contributed by atoms with Gasteiger partial charge in [0.15, 0.2) is 5.83 Å². The van der Waals surface area contributed by atoms with Gasteiger partial charge >= 0.3 is 0 Å². The normalized spacial score (nSPS) is 12.2. The fourth-order valence-electron chi connectivity index (χ4n) is 3.81. The predicted octanol–water partition coefficient (Wildman–Crippen LogP) is 5.55. The van der Waals surface area contributed by atoms with Crippen LogP contribution in [0.25, 0.3) is 27.7 Å². The van der Waals surface area contributed by atoms with E-state index in [1.54, 1.807) is 24.7 Å². The molecule has 0 aliphatic rings. The summed E-state index contributed by atoms with van der Waals surface area (Å²) in [6.45, 7) is 4.05. The van der Waals surface area contributed by atoms with Gasteiger partial charge in [-0.3, -0.25) is 15.0 Å². The van der Waals surface area contributed by atoms with Gasteiger partial charge < -0.3 is 11.1 Å². The van der Waals surface area contributed by atoms with Gasteiger partial charge in [-0.05, 0) is 60.9 Å². The van der Waals surface area contributed by atoms with Crippen molar-refractivity contribution >= 4 is 16.5 Å². The number of fused-ring (bicyclic) bond motifs is 1. The van der Waals surface area contributed by atoms with E-state index in [-0.39, 0.29) is 12.4 Å². The molecule has 0 saturated carbocycles. The van der Waals surface area contributed by atoms with E-state index in [2.05, 4.69) is 26.3 Å². The quantitative estimate of drug-likeness (QED) is 0.348. The number of benzene rings is 1. The van der Waals surface area contributed by atoms with Gasteiger partial charge in [0.1, 0.15) is 11.9 Å². The van der Waals surface area contributed by atoms with Crippen molar-refractivity contribution in [3.63, 3.8) is 0 Å². The molecule has 0 aliphatic heterocycles. The second kappa shape index (κ2) is 10.6. The van der Waals surface area contributed by atoms with Crippen LogP contribution in [-0.4, -0.2) is 15.0 Å². The summed E-state index contributed by atoms with van der Waals surface area (Å²) in [6, 6.07) is 17.0. The molecule has 0 bridgehead atoms. The standard InChI is InChI=1S/C28H25FN6/c1-3-5-24(20-7-8-25-21(14-20)6-4-10-33-25)26(29)28(31)35-17-19-13-23(15-30)27(34-16-19)22-9-11-32-18(2)12-22/h4-14,16,35H,3,17,31H2,1-2H3/b24-5-,28-26-. The van der Waals surface area contributed by atoms with Gasteiger partial charge in [0, 0.05) is 47.4 Å². The molecule has 35 heavy (non-hydrogen) atoms. The summed E-state index contributed by atoms with van der Waals surface area (Å²) in [5, 5.41) is 13.5. The van der Waals surface area contributed by atoms with Gasteiger partial charge in [-0.2, -0.15) is 5.26 Å². The Labute approximate surface area is 203 Å². The number of aryl methyl sites for hydroxylation is 1. The summed E-state index contributed by atoms with van der Waals surface area (Å²) in [5.74, 6) is -0.615. The molecule has 7 heteroatoms. The van der Waals surface area contributed by atoms with E-state index in [0.717, 1.165) is 27.7 Å². The van der Waals surface area contributed by atoms with Crippen molar-refractivity contribution in [2.24, 2.45) is 5.73 Å². The topological polar surface area (TPSA) is 101 Å². The SMILES string of the molecule is CC/C=C(\C(F)=C(/N)NCc1cnc(-c2ccnc(C)c2)c(C#N)c1)c1ccc2ncccc2c1. The second-order valence-electron chi connectivity index (χ2n) is 8.06. The number of halogens is 1. The van der Waals surface area contributed by atoms with Crippen molar-refractivity contribution in [3.05, 3.63) is 107 Å². The summed E-state index contributed by atoms with van der Waals surface area (Å²) in [4.78, 5) is 13.0. The monoisotopic (exact) mass is 464 g/mol. The minimum atomic E-state index is -0.535. The Bertz CT molecular complexity index is 1480. The Hall–Kier alpha value is -4.57. The summed E-state index contributed by atoms with van der Waals surface area (Å²) in [5.41, 5.74) is 11.5. The van der Waals surface area contributed by atoms with Crippen LogP contribution in [0.2, 0.25) is 0 Å². The molecule has 174 valence electrons. The summed E-state index contributed by atoms with van der Waals surface area (Å²) in [7, 11) is 0. The lowest BCUT2D eigenvalue weighted by molar-refractivity contribution is 0.630. The number of aromatic nitrogens is 3. The van der Waals surface area contributed by atoms with Crippen molar-refractivity contribution in [2.45, 2.75) is 26.8 Å². The third-order valence-corrected chi connectivity index (χ3v) is 5.51. The highest BCUT2D eigenvalue weighted by Crippen LogP contribution is 2.28. The van der Waals surface area contributed by atoms with E-state index in [9.17, 15) is 5.26 Å². The summed E-state index contributed by atoms with van der Waals surface area (Å²) in [6.07, 6.45) is 7.52. The molecule has 0 radical (unpaired) electrons. The van der Waals surface area contributed by atoms with Crippen LogP contribution in [-0.2, 0) is 6.54 Å². The Morgan fingerprint density at radius 2 is 1.97 bits per heavy atom. The first kappa shape index (κ1) is 23.6. The number of allylic oxidation sites excluding steroid dienone is 3. The number of hydrogen-bond donors (Lipinski definition) is 2. The number of nitrogens with one attached hydrogen (secondary N) is 1. The van der Waals surface area contributed by atoms with E-state index >= 15 is 4.39 Å². The molecule has 4 rings (SSSR count). The largest absolute Gasteiger partial charge is 0.383 e. The van der Waals surface area contributed by atoms with E-state index in [4.69, 9.17) is 5.73 Å². The lowest BCUT2D eigenvalue weighted by Crippen LogP contribution is -2.21. The van der Waals surface area contributed by atoms with Crippen LogP contribution in [0.3, 0.4) is 0 Å². The van der Waals surface area contributed by atoms with Crippen LogP contribution in [0.4, 0.5) is 4.39 Å². The number of pyridine rings is 3. The zero-order chi connectivity index (χ0) is 24.8. The lowest BCUT2D eigenvalue weighted by atomic mass is 10.0. The highest BCUT2D eigenvalue weighted by Gasteiger charge is 2.14. The average molecular weight is 465 g/mol. The van der Waals surface area contributed by atoms with Crippen LogP contribution in [0.1, 0.15) is 35.7 Å². The zero-order valence-corrected chi connectivity index (χ0v) is 19.6. The number of nitrogens with two attached hydrogens (primary N) is 1. The van der Waals surface area contributed by atoms with Crippen LogP contribution in [0, 0.1) is 18.3 Å². The Morgan fingerprint density at radius 1 is 1.11 bits per heavy atom. The van der Waals surface area contributed by atoms with Crippen molar-refractivity contribution in [1.29, 1.82) is 5.26 Å². The number of nitrogens with zero attached hydrogens (tertiary/aromatic N) is 4. The van der Waals surface area contributed by atoms with Gasteiger partial charge in [0.2, 0.25) is 0 Å². The number of hydrogen-bond acceptors (Lipinski definition) is 6. The molecular formula is C28H25FN6. The van der Waals surface area contributed by atoms with Crippen molar-refractivity contribution in [1.82, 2.24) is 20.3 Å². The van der Waals surface area contributed by atoms with E-state index < -0.39 is 5.83 Å². The molecule has 6 nitrogen and oxygen atoms in total. The predicted molar refractivity (Wildman–Crippen MR) is 136 cm³/mol. The minimum Gasteiger partial charge on any atom is -0.383 e. The van der Waals surface area contributed by atoms with Crippen LogP contribution < -0.4 is 11.1 Å². The van der Waals surface area contributed by atoms with Gasteiger partial charge in [-0.25, -0.2) is 4.39 Å². The second-order valence-corrected chi connectivity index (χ2v) is 8.06. The molecule has 0 amide bonds. The van der Waals surface area contributed by atoms with E-state index in [1.165, 1.54) is 0 Å². The molecule has 0 saturated heterocycles. The molecule has 3 N–H and O–H groups in total. The molecule has 0 spiro atoms. The Balaban J connectivity index is 1.57. The molecule has 0 fully saturated rings. The third kappa shape index (κ3) is 5.33. The van der Waals surface area contributed by atoms with Crippen molar-refractivity contribution < 1.29 is 4.39 Å². The van der Waals surface area contributed by atoms with E-state index in [1.807, 2.05) is 62.4 Å². The number of nitriles is 1. The first-order valence-electron chi connectivity index (χ1n) is 11.3. The fourth-order valence-corrected chi connectivity index (χ4v) is 3.81. The molecule has 3 aromatic heterocycles. The highest BCUT2D eigenvalue weighted by atomic mass is 19.1. The average Bonchev–Trinajstić information content (AvgIpc) is 2.89. The molecule has 0 aliphatic carbocycles. The van der Waals surface area contributed by atoms with E-state index in [0.29, 0.717) is 28.8 Å². The van der Waals surface area contributed by atoms with Gasteiger partial charge in [0.05, 0.1) is 16.8 Å².